The van der Waals surface area contributed by atoms with Crippen molar-refractivity contribution in [3.63, 3.8) is 0 Å². The number of rotatable bonds is 4. The van der Waals surface area contributed by atoms with Gasteiger partial charge in [-0.2, -0.15) is 0 Å². The quantitative estimate of drug-likeness (QED) is 0.517. The van der Waals surface area contributed by atoms with Crippen LogP contribution in [-0.4, -0.2) is 24.6 Å². The number of nitrogens with one attached hydrogen (secondary N) is 2. The Balaban J connectivity index is 4.02. The van der Waals surface area contributed by atoms with Gasteiger partial charge < -0.3 is 10.6 Å². The van der Waals surface area contributed by atoms with Crippen LogP contribution in [0.3, 0.4) is 0 Å². The molecule has 78 valence electrons. The zero-order chi connectivity index (χ0) is 10.3. The molecule has 0 aromatic rings. The van der Waals surface area contributed by atoms with Gasteiger partial charge in [-0.15, -0.1) is 0 Å². The van der Waals surface area contributed by atoms with Gasteiger partial charge >= 0.3 is 0 Å². The standard InChI is InChI=1S/C10H23N3/c1-6-7-11-10(12-8(2)3)13-9(4)5/h8-9H,6-7H2,1-5H3,(H2,11,12,13). The number of hydrogen-bond donors (Lipinski definition) is 2. The molecule has 0 aliphatic carbocycles. The van der Waals surface area contributed by atoms with Gasteiger partial charge in [0.2, 0.25) is 0 Å². The topological polar surface area (TPSA) is 36.4 Å². The lowest BCUT2D eigenvalue weighted by molar-refractivity contribution is 0.654. The van der Waals surface area contributed by atoms with E-state index in [0.29, 0.717) is 12.1 Å². The van der Waals surface area contributed by atoms with E-state index in [2.05, 4.69) is 50.2 Å². The molecule has 0 spiro atoms. The average Bonchev–Trinajstić information content (AvgIpc) is 1.98. The lowest BCUT2D eigenvalue weighted by Crippen LogP contribution is -2.44. The summed E-state index contributed by atoms with van der Waals surface area (Å²) >= 11 is 0. The highest BCUT2D eigenvalue weighted by Gasteiger charge is 2.01. The first kappa shape index (κ1) is 12.3. The van der Waals surface area contributed by atoms with Crippen molar-refractivity contribution in [3.05, 3.63) is 0 Å². The van der Waals surface area contributed by atoms with Gasteiger partial charge in [0.25, 0.3) is 0 Å². The van der Waals surface area contributed by atoms with Gasteiger partial charge in [-0.3, -0.25) is 4.99 Å². The highest BCUT2D eigenvalue weighted by atomic mass is 15.2. The zero-order valence-electron chi connectivity index (χ0n) is 9.52. The summed E-state index contributed by atoms with van der Waals surface area (Å²) in [7, 11) is 0. The predicted molar refractivity (Wildman–Crippen MR) is 59.1 cm³/mol. The van der Waals surface area contributed by atoms with E-state index in [1.807, 2.05) is 0 Å². The summed E-state index contributed by atoms with van der Waals surface area (Å²) in [5.41, 5.74) is 0. The average molecular weight is 185 g/mol. The van der Waals surface area contributed by atoms with Crippen LogP contribution in [0.25, 0.3) is 0 Å². The fraction of sp³-hybridized carbons (Fsp3) is 0.900. The molecule has 0 fully saturated rings. The van der Waals surface area contributed by atoms with E-state index in [-0.39, 0.29) is 0 Å². The molecule has 0 heterocycles. The summed E-state index contributed by atoms with van der Waals surface area (Å²) in [6.45, 7) is 11.5. The van der Waals surface area contributed by atoms with Crippen LogP contribution < -0.4 is 10.6 Å². The van der Waals surface area contributed by atoms with Crippen molar-refractivity contribution >= 4 is 5.96 Å². The SMILES string of the molecule is CCCN=C(NC(C)C)NC(C)C. The molecular formula is C10H23N3. The third-order valence-corrected chi connectivity index (χ3v) is 1.34. The Labute approximate surface area is 82.0 Å². The third-order valence-electron chi connectivity index (χ3n) is 1.34. The van der Waals surface area contributed by atoms with Crippen LogP contribution in [0.2, 0.25) is 0 Å². The highest BCUT2D eigenvalue weighted by molar-refractivity contribution is 5.80. The molecule has 2 N–H and O–H groups in total. The van der Waals surface area contributed by atoms with E-state index in [9.17, 15) is 0 Å². The van der Waals surface area contributed by atoms with Crippen molar-refractivity contribution < 1.29 is 0 Å². The van der Waals surface area contributed by atoms with Gasteiger partial charge in [0, 0.05) is 18.6 Å². The first-order valence-corrected chi connectivity index (χ1v) is 5.13. The van der Waals surface area contributed by atoms with Crippen LogP contribution in [-0.2, 0) is 0 Å². The third kappa shape index (κ3) is 7.62. The molecule has 0 rings (SSSR count). The Bertz CT molecular complexity index is 138. The van der Waals surface area contributed by atoms with Crippen molar-refractivity contribution in [2.45, 2.75) is 53.1 Å². The largest absolute Gasteiger partial charge is 0.354 e. The Morgan fingerprint density at radius 2 is 1.54 bits per heavy atom. The second-order valence-electron chi connectivity index (χ2n) is 3.83. The van der Waals surface area contributed by atoms with E-state index in [4.69, 9.17) is 0 Å². The summed E-state index contributed by atoms with van der Waals surface area (Å²) in [5, 5.41) is 6.57. The van der Waals surface area contributed by atoms with Crippen LogP contribution in [0, 0.1) is 0 Å². The fourth-order valence-corrected chi connectivity index (χ4v) is 0.903. The first-order valence-electron chi connectivity index (χ1n) is 5.13. The molecule has 0 unspecified atom stereocenters. The molecule has 13 heavy (non-hydrogen) atoms. The number of hydrogen-bond acceptors (Lipinski definition) is 1. The normalized spacial score (nSPS) is 10.4. The summed E-state index contributed by atoms with van der Waals surface area (Å²) in [5.74, 6) is 0.923. The Kier molecular flexibility index (Phi) is 6.37. The molecule has 3 nitrogen and oxygen atoms in total. The molecule has 0 saturated carbocycles. The maximum Gasteiger partial charge on any atom is 0.191 e. The summed E-state index contributed by atoms with van der Waals surface area (Å²) in [4.78, 5) is 4.42. The maximum absolute atomic E-state index is 4.42. The van der Waals surface area contributed by atoms with Crippen molar-refractivity contribution in [3.8, 4) is 0 Å². The van der Waals surface area contributed by atoms with Crippen molar-refractivity contribution in [1.82, 2.24) is 10.6 Å². The molecular weight excluding hydrogens is 162 g/mol. The van der Waals surface area contributed by atoms with E-state index >= 15 is 0 Å². The van der Waals surface area contributed by atoms with Crippen LogP contribution in [0.5, 0.6) is 0 Å². The van der Waals surface area contributed by atoms with Crippen LogP contribution in [0.4, 0.5) is 0 Å². The maximum atomic E-state index is 4.42. The summed E-state index contributed by atoms with van der Waals surface area (Å²) in [6, 6.07) is 0.865. The van der Waals surface area contributed by atoms with E-state index in [0.717, 1.165) is 18.9 Å². The number of nitrogens with zero attached hydrogens (tertiary/aromatic N) is 1. The molecule has 3 heteroatoms. The second-order valence-corrected chi connectivity index (χ2v) is 3.83. The minimum Gasteiger partial charge on any atom is -0.354 e. The summed E-state index contributed by atoms with van der Waals surface area (Å²) in [6.07, 6.45) is 1.09. The number of guanidine groups is 1. The van der Waals surface area contributed by atoms with E-state index in [1.165, 1.54) is 0 Å². The molecule has 0 aromatic heterocycles. The summed E-state index contributed by atoms with van der Waals surface area (Å²) < 4.78 is 0. The molecule has 0 bridgehead atoms. The monoisotopic (exact) mass is 185 g/mol. The van der Waals surface area contributed by atoms with E-state index < -0.39 is 0 Å². The van der Waals surface area contributed by atoms with Gasteiger partial charge in [-0.1, -0.05) is 6.92 Å². The minimum atomic E-state index is 0.432. The Morgan fingerprint density at radius 3 is 1.85 bits per heavy atom. The molecule has 0 aliphatic rings. The second kappa shape index (κ2) is 6.75. The smallest absolute Gasteiger partial charge is 0.191 e. The van der Waals surface area contributed by atoms with Gasteiger partial charge in [-0.25, -0.2) is 0 Å². The molecule has 0 radical (unpaired) electrons. The van der Waals surface area contributed by atoms with Crippen molar-refractivity contribution in [2.24, 2.45) is 4.99 Å². The molecule has 0 aromatic carbocycles. The van der Waals surface area contributed by atoms with E-state index in [1.54, 1.807) is 0 Å². The lowest BCUT2D eigenvalue weighted by Gasteiger charge is -2.17. The Morgan fingerprint density at radius 1 is 1.08 bits per heavy atom. The molecule has 0 aliphatic heterocycles. The fourth-order valence-electron chi connectivity index (χ4n) is 0.903. The zero-order valence-corrected chi connectivity index (χ0v) is 9.52. The lowest BCUT2D eigenvalue weighted by atomic mass is 10.4. The molecule has 0 amide bonds. The van der Waals surface area contributed by atoms with Crippen molar-refractivity contribution in [2.75, 3.05) is 6.54 Å². The van der Waals surface area contributed by atoms with Crippen LogP contribution in [0.15, 0.2) is 4.99 Å². The van der Waals surface area contributed by atoms with Gasteiger partial charge in [0.15, 0.2) is 5.96 Å². The van der Waals surface area contributed by atoms with Gasteiger partial charge in [0.1, 0.15) is 0 Å². The predicted octanol–water partition coefficient (Wildman–Crippen LogP) is 1.75. The number of aliphatic imine (C=N–C) groups is 1. The molecule has 0 atom stereocenters. The van der Waals surface area contributed by atoms with Crippen LogP contribution in [0.1, 0.15) is 41.0 Å². The first-order chi connectivity index (χ1) is 6.06. The Hall–Kier alpha value is -0.730. The van der Waals surface area contributed by atoms with Crippen molar-refractivity contribution in [1.29, 1.82) is 0 Å². The van der Waals surface area contributed by atoms with Gasteiger partial charge in [-0.05, 0) is 34.1 Å². The molecule has 0 saturated heterocycles. The van der Waals surface area contributed by atoms with Crippen LogP contribution >= 0.6 is 0 Å². The minimum absolute atomic E-state index is 0.432. The highest BCUT2D eigenvalue weighted by Crippen LogP contribution is 1.84. The van der Waals surface area contributed by atoms with Gasteiger partial charge in [0.05, 0.1) is 0 Å².